The van der Waals surface area contributed by atoms with Crippen molar-refractivity contribution < 1.29 is 65.3 Å². The van der Waals surface area contributed by atoms with E-state index in [0.717, 1.165) is 30.3 Å². The smallest absolute Gasteiger partial charge is 0.187 e. The van der Waals surface area contributed by atoms with Gasteiger partial charge in [0, 0.05) is 35.4 Å². The zero-order chi connectivity index (χ0) is 29.0. The molecule has 8 atom stereocenters. The van der Waals surface area contributed by atoms with E-state index in [0.29, 0.717) is 0 Å². The molecular weight excluding hydrogens is 532 g/mol. The van der Waals surface area contributed by atoms with Gasteiger partial charge in [-0.1, -0.05) is 6.07 Å². The van der Waals surface area contributed by atoms with Crippen LogP contribution >= 0.6 is 0 Å². The highest BCUT2D eigenvalue weighted by Gasteiger charge is 2.50. The van der Waals surface area contributed by atoms with E-state index >= 15 is 0 Å². The molecule has 0 spiro atoms. The Balaban J connectivity index is 1.74. The molecule has 13 nitrogen and oxygen atoms in total. The summed E-state index contributed by atoms with van der Waals surface area (Å²) in [6, 6.07) is 7.71. The number of phenolic OH excluding ortho intramolecular Hbond substituents is 7. The van der Waals surface area contributed by atoms with Crippen molar-refractivity contribution in [1.29, 1.82) is 0 Å². The summed E-state index contributed by atoms with van der Waals surface area (Å²) in [5, 5.41) is 104. The number of rotatable bonds is 4. The Kier molecular flexibility index (Phi) is 6.94. The number of aliphatic hydroxyl groups is 3. The minimum Gasteiger partial charge on any atom is -0.508 e. The minimum absolute atomic E-state index is 0.0720. The van der Waals surface area contributed by atoms with Gasteiger partial charge in [0.05, 0.1) is 12.0 Å². The number of hydrogen-bond acceptors (Lipinski definition) is 13. The molecule has 0 bridgehead atoms. The lowest BCUT2D eigenvalue weighted by Crippen LogP contribution is -2.58. The highest BCUT2D eigenvalue weighted by Crippen LogP contribution is 2.55. The van der Waals surface area contributed by atoms with E-state index in [9.17, 15) is 51.1 Å². The van der Waals surface area contributed by atoms with Crippen LogP contribution in [0.3, 0.4) is 0 Å². The summed E-state index contributed by atoms with van der Waals surface area (Å²) in [5.41, 5.74) is -0.145. The van der Waals surface area contributed by atoms with Crippen LogP contribution in [-0.2, 0) is 9.47 Å². The summed E-state index contributed by atoms with van der Waals surface area (Å²) >= 11 is 0. The van der Waals surface area contributed by atoms with Crippen molar-refractivity contribution in [2.75, 3.05) is 0 Å². The maximum Gasteiger partial charge on any atom is 0.187 e. The Morgan fingerprint density at radius 3 is 1.88 bits per heavy atom. The predicted molar refractivity (Wildman–Crippen MR) is 133 cm³/mol. The quantitative estimate of drug-likeness (QED) is 0.202. The number of fused-ring (bicyclic) bond motifs is 1. The topological polar surface area (TPSA) is 230 Å². The standard InChI is InChI=1S/C27H28O13/c1-9-22(35)23(36)24(37)27(38-9)40-26-21(19-15(32)5-11(28)6-16(19)33)20-17(34)7-12(29)8-18(20)39-25(26)10-2-3-13(30)14(31)4-10/h2-9,21-37H,1H3. The molecule has 1 saturated heterocycles. The Labute approximate surface area is 226 Å². The highest BCUT2D eigenvalue weighted by molar-refractivity contribution is 5.62. The van der Waals surface area contributed by atoms with Gasteiger partial charge < -0.3 is 65.3 Å². The first kappa shape index (κ1) is 27.4. The van der Waals surface area contributed by atoms with Crippen LogP contribution in [0.25, 0.3) is 0 Å². The van der Waals surface area contributed by atoms with Crippen LogP contribution in [0.4, 0.5) is 0 Å². The third-order valence-electron chi connectivity index (χ3n) is 7.16. The Morgan fingerprint density at radius 1 is 0.650 bits per heavy atom. The van der Waals surface area contributed by atoms with Gasteiger partial charge in [0.1, 0.15) is 58.9 Å². The van der Waals surface area contributed by atoms with E-state index in [-0.39, 0.29) is 22.4 Å². The van der Waals surface area contributed by atoms with Crippen molar-refractivity contribution >= 4 is 0 Å². The van der Waals surface area contributed by atoms with E-state index < -0.39 is 89.1 Å². The summed E-state index contributed by atoms with van der Waals surface area (Å²) in [6.45, 7) is 1.43. The molecule has 0 aliphatic carbocycles. The van der Waals surface area contributed by atoms with E-state index in [1.54, 1.807) is 0 Å². The van der Waals surface area contributed by atoms with Crippen molar-refractivity contribution in [2.24, 2.45) is 0 Å². The van der Waals surface area contributed by atoms with Crippen LogP contribution < -0.4 is 4.74 Å². The predicted octanol–water partition coefficient (Wildman–Crippen LogP) is 1.10. The molecule has 10 N–H and O–H groups in total. The van der Waals surface area contributed by atoms with Crippen LogP contribution in [0.15, 0.2) is 42.5 Å². The molecule has 8 unspecified atom stereocenters. The second kappa shape index (κ2) is 10.1. The number of benzene rings is 3. The van der Waals surface area contributed by atoms with Crippen molar-refractivity contribution in [3.05, 3.63) is 59.2 Å². The average molecular weight is 561 g/mol. The van der Waals surface area contributed by atoms with Gasteiger partial charge in [0.25, 0.3) is 0 Å². The number of aliphatic hydroxyl groups excluding tert-OH is 3. The number of hydrogen-bond donors (Lipinski definition) is 10. The molecule has 1 fully saturated rings. The van der Waals surface area contributed by atoms with Gasteiger partial charge >= 0.3 is 0 Å². The molecule has 0 aromatic heterocycles. The van der Waals surface area contributed by atoms with Crippen LogP contribution in [-0.4, -0.2) is 87.9 Å². The molecular formula is C27H28O13. The molecule has 0 radical (unpaired) electrons. The lowest BCUT2D eigenvalue weighted by molar-refractivity contribution is -0.312. The monoisotopic (exact) mass is 560 g/mol. The van der Waals surface area contributed by atoms with Crippen LogP contribution in [0.2, 0.25) is 0 Å². The second-order valence-electron chi connectivity index (χ2n) is 9.82. The van der Waals surface area contributed by atoms with Gasteiger partial charge in [0.2, 0.25) is 0 Å². The largest absolute Gasteiger partial charge is 0.508 e. The maximum absolute atomic E-state index is 10.9. The first-order valence-corrected chi connectivity index (χ1v) is 12.2. The molecule has 2 heterocycles. The number of aromatic hydroxyl groups is 7. The highest BCUT2D eigenvalue weighted by atomic mass is 16.7. The normalized spacial score (nSPS) is 29.9. The summed E-state index contributed by atoms with van der Waals surface area (Å²) in [7, 11) is 0. The SMILES string of the molecule is CC1OC(OC2C(c3ccc(O)c(O)c3)Oc3cc(O)cc(O)c3C2c2c(O)cc(O)cc2O)C(O)C(O)C1O. The van der Waals surface area contributed by atoms with Crippen molar-refractivity contribution in [1.82, 2.24) is 0 Å². The summed E-state index contributed by atoms with van der Waals surface area (Å²) in [6.07, 6.45) is -10.3. The molecule has 2 aliphatic heterocycles. The second-order valence-corrected chi connectivity index (χ2v) is 9.82. The van der Waals surface area contributed by atoms with Gasteiger partial charge in [-0.3, -0.25) is 0 Å². The molecule has 3 aromatic rings. The lowest BCUT2D eigenvalue weighted by Gasteiger charge is -2.45. The third kappa shape index (κ3) is 4.63. The molecule has 5 rings (SSSR count). The first-order valence-electron chi connectivity index (χ1n) is 12.2. The lowest BCUT2D eigenvalue weighted by atomic mass is 9.78. The summed E-state index contributed by atoms with van der Waals surface area (Å²) in [4.78, 5) is 0. The van der Waals surface area contributed by atoms with Crippen LogP contribution in [0, 0.1) is 0 Å². The first-order chi connectivity index (χ1) is 18.9. The fraction of sp³-hybridized carbons (Fsp3) is 0.333. The van der Waals surface area contributed by atoms with Gasteiger partial charge in [-0.2, -0.15) is 0 Å². The molecule has 40 heavy (non-hydrogen) atoms. The molecule has 214 valence electrons. The molecule has 13 heteroatoms. The zero-order valence-corrected chi connectivity index (χ0v) is 20.9. The van der Waals surface area contributed by atoms with Crippen molar-refractivity contribution in [2.45, 2.75) is 55.8 Å². The molecule has 3 aromatic carbocycles. The van der Waals surface area contributed by atoms with Gasteiger partial charge in [-0.05, 0) is 24.6 Å². The fourth-order valence-corrected chi connectivity index (χ4v) is 5.19. The van der Waals surface area contributed by atoms with Crippen molar-refractivity contribution in [3.63, 3.8) is 0 Å². The van der Waals surface area contributed by atoms with E-state index in [2.05, 4.69) is 0 Å². The fourth-order valence-electron chi connectivity index (χ4n) is 5.19. The van der Waals surface area contributed by atoms with Crippen molar-refractivity contribution in [3.8, 4) is 46.0 Å². The van der Waals surface area contributed by atoms with Crippen LogP contribution in [0.5, 0.6) is 46.0 Å². The van der Waals surface area contributed by atoms with Gasteiger partial charge in [-0.25, -0.2) is 0 Å². The van der Waals surface area contributed by atoms with E-state index in [1.807, 2.05) is 0 Å². The van der Waals surface area contributed by atoms with Crippen LogP contribution in [0.1, 0.15) is 35.6 Å². The Bertz CT molecular complexity index is 1400. The van der Waals surface area contributed by atoms with E-state index in [1.165, 1.54) is 19.1 Å². The molecule has 0 saturated carbocycles. The third-order valence-corrected chi connectivity index (χ3v) is 7.16. The summed E-state index contributed by atoms with van der Waals surface area (Å²) in [5.74, 6) is -5.07. The maximum atomic E-state index is 10.9. The van der Waals surface area contributed by atoms with Gasteiger partial charge in [0.15, 0.2) is 23.9 Å². The Hall–Kier alpha value is -4.14. The molecule has 2 aliphatic rings. The minimum atomic E-state index is -1.78. The van der Waals surface area contributed by atoms with E-state index in [4.69, 9.17) is 14.2 Å². The molecule has 0 amide bonds. The Morgan fingerprint density at radius 2 is 1.25 bits per heavy atom. The zero-order valence-electron chi connectivity index (χ0n) is 20.9. The van der Waals surface area contributed by atoms with Gasteiger partial charge in [-0.15, -0.1) is 0 Å². The number of phenols is 7. The summed E-state index contributed by atoms with van der Waals surface area (Å²) < 4.78 is 17.9. The average Bonchev–Trinajstić information content (AvgIpc) is 2.87. The number of ether oxygens (including phenoxy) is 3.